The van der Waals surface area contributed by atoms with Gasteiger partial charge in [-0.05, 0) is 47.5 Å². The molecule has 0 aliphatic rings. The van der Waals surface area contributed by atoms with E-state index in [2.05, 4.69) is 10.3 Å². The Labute approximate surface area is 180 Å². The molecule has 0 spiro atoms. The smallest absolute Gasteiger partial charge is 0.250 e. The zero-order valence-corrected chi connectivity index (χ0v) is 17.5. The van der Waals surface area contributed by atoms with Crippen LogP contribution < -0.4 is 5.32 Å². The van der Waals surface area contributed by atoms with Crippen LogP contribution in [0.1, 0.15) is 16.0 Å². The fourth-order valence-corrected chi connectivity index (χ4v) is 3.77. The molecule has 138 valence electrons. The highest BCUT2D eigenvalue weighted by molar-refractivity contribution is 7.15. The fraction of sp³-hybridized carbons (Fsp3) is 0.0526. The van der Waals surface area contributed by atoms with Crippen LogP contribution in [-0.2, 0) is 11.2 Å². The first-order valence-electron chi connectivity index (χ1n) is 7.73. The molecule has 0 saturated carbocycles. The summed E-state index contributed by atoms with van der Waals surface area (Å²) < 4.78 is 0. The topological polar surface area (TPSA) is 42.0 Å². The minimum atomic E-state index is -0.289. The first-order chi connectivity index (χ1) is 12.9. The third-order valence-corrected chi connectivity index (χ3v) is 5.78. The van der Waals surface area contributed by atoms with Gasteiger partial charge in [0.15, 0.2) is 5.13 Å². The maximum absolute atomic E-state index is 12.1. The molecule has 3 nitrogen and oxygen atoms in total. The number of nitrogens with one attached hydrogen (secondary N) is 1. The number of amides is 1. The predicted octanol–water partition coefficient (Wildman–Crippen LogP) is 7.00. The summed E-state index contributed by atoms with van der Waals surface area (Å²) in [5.74, 6) is -0.289. The number of thiazole rings is 1. The van der Waals surface area contributed by atoms with E-state index in [4.69, 9.17) is 46.4 Å². The average molecular weight is 458 g/mol. The predicted molar refractivity (Wildman–Crippen MR) is 116 cm³/mol. The van der Waals surface area contributed by atoms with Crippen molar-refractivity contribution in [3.05, 3.63) is 84.8 Å². The van der Waals surface area contributed by atoms with E-state index in [1.807, 2.05) is 6.07 Å². The van der Waals surface area contributed by atoms with Crippen molar-refractivity contribution in [3.63, 3.8) is 0 Å². The number of carbonyl (C=O) groups excluding carboxylic acids is 1. The first-order valence-corrected chi connectivity index (χ1v) is 10.1. The second-order valence-corrected chi connectivity index (χ2v) is 8.31. The fourth-order valence-electron chi connectivity index (χ4n) is 2.25. The molecular weight excluding hydrogens is 446 g/mol. The Balaban J connectivity index is 1.63. The van der Waals surface area contributed by atoms with Crippen molar-refractivity contribution < 1.29 is 4.79 Å². The number of hydrogen-bond donors (Lipinski definition) is 1. The molecule has 1 heterocycles. The van der Waals surface area contributed by atoms with E-state index in [0.717, 1.165) is 16.0 Å². The molecule has 1 N–H and O–H groups in total. The normalized spacial score (nSPS) is 11.1. The summed E-state index contributed by atoms with van der Waals surface area (Å²) in [6.45, 7) is 0. The SMILES string of the molecule is O=C(/C=C/c1ccc(Cl)c(Cl)c1)Nc1ncc(Cc2cc(Cl)ccc2Cl)s1. The third-order valence-electron chi connectivity index (χ3n) is 3.53. The van der Waals surface area contributed by atoms with Gasteiger partial charge < -0.3 is 0 Å². The molecule has 0 aliphatic carbocycles. The van der Waals surface area contributed by atoms with E-state index in [1.54, 1.807) is 42.6 Å². The molecule has 0 radical (unpaired) electrons. The molecule has 27 heavy (non-hydrogen) atoms. The highest BCUT2D eigenvalue weighted by Crippen LogP contribution is 2.27. The Bertz CT molecular complexity index is 1020. The summed E-state index contributed by atoms with van der Waals surface area (Å²) in [5.41, 5.74) is 1.68. The van der Waals surface area contributed by atoms with Crippen LogP contribution in [0, 0.1) is 0 Å². The highest BCUT2D eigenvalue weighted by Gasteiger charge is 2.08. The Morgan fingerprint density at radius 2 is 1.81 bits per heavy atom. The molecule has 0 fully saturated rings. The van der Waals surface area contributed by atoms with Crippen LogP contribution in [0.25, 0.3) is 6.08 Å². The van der Waals surface area contributed by atoms with E-state index < -0.39 is 0 Å². The molecule has 0 atom stereocenters. The molecule has 2 aromatic carbocycles. The Hall–Kier alpha value is -1.56. The number of halogens is 4. The number of rotatable bonds is 5. The van der Waals surface area contributed by atoms with Crippen molar-refractivity contribution in [2.45, 2.75) is 6.42 Å². The van der Waals surface area contributed by atoms with Crippen molar-refractivity contribution in [3.8, 4) is 0 Å². The largest absolute Gasteiger partial charge is 0.298 e. The number of benzene rings is 2. The highest BCUT2D eigenvalue weighted by atomic mass is 35.5. The summed E-state index contributed by atoms with van der Waals surface area (Å²) in [6.07, 6.45) is 5.36. The van der Waals surface area contributed by atoms with Crippen LogP contribution in [0.3, 0.4) is 0 Å². The molecule has 3 aromatic rings. The maximum Gasteiger partial charge on any atom is 0.250 e. The summed E-state index contributed by atoms with van der Waals surface area (Å²) in [4.78, 5) is 17.3. The van der Waals surface area contributed by atoms with Crippen LogP contribution in [-0.4, -0.2) is 10.9 Å². The van der Waals surface area contributed by atoms with Gasteiger partial charge in [-0.1, -0.05) is 52.5 Å². The van der Waals surface area contributed by atoms with E-state index in [0.29, 0.717) is 31.6 Å². The van der Waals surface area contributed by atoms with E-state index in [9.17, 15) is 4.79 Å². The molecule has 0 bridgehead atoms. The minimum Gasteiger partial charge on any atom is -0.298 e. The van der Waals surface area contributed by atoms with Crippen molar-refractivity contribution in [1.82, 2.24) is 4.98 Å². The van der Waals surface area contributed by atoms with Crippen LogP contribution in [0.4, 0.5) is 5.13 Å². The molecule has 0 unspecified atom stereocenters. The van der Waals surface area contributed by atoms with Gasteiger partial charge in [0.2, 0.25) is 5.91 Å². The van der Waals surface area contributed by atoms with Crippen LogP contribution >= 0.6 is 57.7 Å². The maximum atomic E-state index is 12.1. The van der Waals surface area contributed by atoms with Crippen molar-refractivity contribution in [2.24, 2.45) is 0 Å². The van der Waals surface area contributed by atoms with Gasteiger partial charge in [0, 0.05) is 33.6 Å². The lowest BCUT2D eigenvalue weighted by molar-refractivity contribution is -0.111. The third kappa shape index (κ3) is 5.71. The van der Waals surface area contributed by atoms with Gasteiger partial charge in [-0.15, -0.1) is 11.3 Å². The number of hydrogen-bond acceptors (Lipinski definition) is 3. The quantitative estimate of drug-likeness (QED) is 0.419. The summed E-state index contributed by atoms with van der Waals surface area (Å²) in [6, 6.07) is 10.5. The van der Waals surface area contributed by atoms with Gasteiger partial charge in [-0.25, -0.2) is 4.98 Å². The lowest BCUT2D eigenvalue weighted by atomic mass is 10.1. The minimum absolute atomic E-state index is 0.289. The molecule has 0 aliphatic heterocycles. The lowest BCUT2D eigenvalue weighted by Crippen LogP contribution is -2.07. The lowest BCUT2D eigenvalue weighted by Gasteiger charge is -2.02. The number of anilines is 1. The number of carbonyl (C=O) groups is 1. The Morgan fingerprint density at radius 1 is 1.04 bits per heavy atom. The van der Waals surface area contributed by atoms with E-state index in [-0.39, 0.29) is 5.91 Å². The van der Waals surface area contributed by atoms with Crippen molar-refractivity contribution in [2.75, 3.05) is 5.32 Å². The summed E-state index contributed by atoms with van der Waals surface area (Å²) in [5, 5.41) is 5.41. The van der Waals surface area contributed by atoms with Crippen molar-refractivity contribution in [1.29, 1.82) is 0 Å². The second kappa shape index (κ2) is 9.09. The van der Waals surface area contributed by atoms with Crippen LogP contribution in [0.5, 0.6) is 0 Å². The van der Waals surface area contributed by atoms with Gasteiger partial charge in [0.05, 0.1) is 10.0 Å². The summed E-state index contributed by atoms with van der Waals surface area (Å²) >= 11 is 25.4. The number of aromatic nitrogens is 1. The zero-order valence-electron chi connectivity index (χ0n) is 13.7. The van der Waals surface area contributed by atoms with E-state index >= 15 is 0 Å². The Kier molecular flexibility index (Phi) is 6.79. The summed E-state index contributed by atoms with van der Waals surface area (Å²) in [7, 11) is 0. The molecule has 3 rings (SSSR count). The average Bonchev–Trinajstić information content (AvgIpc) is 3.06. The Morgan fingerprint density at radius 3 is 2.59 bits per heavy atom. The first kappa shape index (κ1) is 20.2. The zero-order chi connectivity index (χ0) is 19.4. The number of nitrogens with zero attached hydrogens (tertiary/aromatic N) is 1. The molecule has 1 amide bonds. The second-order valence-electron chi connectivity index (χ2n) is 5.54. The standard InChI is InChI=1S/C19H12Cl4N2OS/c20-13-3-5-15(21)12(8-13)9-14-10-24-19(27-14)25-18(26)6-2-11-1-4-16(22)17(23)7-11/h1-8,10H,9H2,(H,24,25,26)/b6-2+. The van der Waals surface area contributed by atoms with Gasteiger partial charge in [0.25, 0.3) is 0 Å². The van der Waals surface area contributed by atoms with Crippen molar-refractivity contribution >= 4 is 74.9 Å². The molecule has 8 heteroatoms. The molecule has 1 aromatic heterocycles. The molecular formula is C19H12Cl4N2OS. The van der Waals surface area contributed by atoms with Crippen LogP contribution in [0.15, 0.2) is 48.7 Å². The van der Waals surface area contributed by atoms with Gasteiger partial charge >= 0.3 is 0 Å². The van der Waals surface area contributed by atoms with E-state index in [1.165, 1.54) is 17.4 Å². The molecule has 0 saturated heterocycles. The van der Waals surface area contributed by atoms with Gasteiger partial charge in [-0.3, -0.25) is 10.1 Å². The van der Waals surface area contributed by atoms with Gasteiger partial charge in [-0.2, -0.15) is 0 Å². The van der Waals surface area contributed by atoms with Crippen LogP contribution in [0.2, 0.25) is 20.1 Å². The van der Waals surface area contributed by atoms with Gasteiger partial charge in [0.1, 0.15) is 0 Å². The monoisotopic (exact) mass is 456 g/mol.